The molecular weight excluding hydrogens is 350 g/mol. The van der Waals surface area contributed by atoms with Crippen LogP contribution in [0.1, 0.15) is 29.7 Å². The van der Waals surface area contributed by atoms with Gasteiger partial charge in [-0.05, 0) is 35.7 Å². The molecule has 0 bridgehead atoms. The fourth-order valence-electron chi connectivity index (χ4n) is 2.80. The van der Waals surface area contributed by atoms with Crippen molar-refractivity contribution >= 4 is 23.6 Å². The number of amides is 1. The Labute approximate surface area is 156 Å². The van der Waals surface area contributed by atoms with E-state index in [1.165, 1.54) is 11.8 Å². The predicted molar refractivity (Wildman–Crippen MR) is 101 cm³/mol. The first kappa shape index (κ1) is 18.3. The summed E-state index contributed by atoms with van der Waals surface area (Å²) < 4.78 is 5.45. The Kier molecular flexibility index (Phi) is 5.83. The van der Waals surface area contributed by atoms with Gasteiger partial charge in [-0.25, -0.2) is 4.79 Å². The zero-order valence-corrected chi connectivity index (χ0v) is 15.3. The highest BCUT2D eigenvalue weighted by Crippen LogP contribution is 2.28. The van der Waals surface area contributed by atoms with Gasteiger partial charge in [0.1, 0.15) is 5.75 Å². The highest BCUT2D eigenvalue weighted by molar-refractivity contribution is 7.99. The van der Waals surface area contributed by atoms with Gasteiger partial charge in [0, 0.05) is 12.2 Å². The van der Waals surface area contributed by atoms with Crippen molar-refractivity contribution in [2.45, 2.75) is 30.4 Å². The lowest BCUT2D eigenvalue weighted by Gasteiger charge is -2.18. The second kappa shape index (κ2) is 8.27. The lowest BCUT2D eigenvalue weighted by atomic mass is 10.0. The highest BCUT2D eigenvalue weighted by Gasteiger charge is 2.26. The number of carbonyl (C=O) groups excluding carboxylic acids is 1. The van der Waals surface area contributed by atoms with Gasteiger partial charge in [-0.1, -0.05) is 36.4 Å². The molecule has 1 aliphatic rings. The number of hydrogen-bond donors (Lipinski definition) is 2. The molecule has 0 saturated heterocycles. The maximum Gasteiger partial charge on any atom is 0.330 e. The van der Waals surface area contributed by atoms with Gasteiger partial charge in [-0.2, -0.15) is 0 Å². The van der Waals surface area contributed by atoms with Gasteiger partial charge >= 0.3 is 5.97 Å². The smallest absolute Gasteiger partial charge is 0.330 e. The molecule has 0 fully saturated rings. The number of carbonyl (C=O) groups is 2. The molecule has 0 aliphatic carbocycles. The van der Waals surface area contributed by atoms with Crippen molar-refractivity contribution in [3.05, 3.63) is 65.2 Å². The monoisotopic (exact) mass is 371 g/mol. The fraction of sp³-hybridized carbons (Fsp3) is 0.300. The summed E-state index contributed by atoms with van der Waals surface area (Å²) in [5.74, 6) is 0.132. The Balaban J connectivity index is 1.63. The molecule has 1 amide bonds. The summed E-state index contributed by atoms with van der Waals surface area (Å²) in [6.07, 6.45) is 0.757. The van der Waals surface area contributed by atoms with Crippen LogP contribution in [0.5, 0.6) is 5.75 Å². The zero-order chi connectivity index (χ0) is 18.5. The molecule has 1 aliphatic heterocycles. The number of benzene rings is 2. The summed E-state index contributed by atoms with van der Waals surface area (Å²) in [7, 11) is 0. The van der Waals surface area contributed by atoms with Gasteiger partial charge in [0.25, 0.3) is 0 Å². The SMILES string of the molecule is CC(SCc1ccccc1)C(=O)NC(C(=O)O)c1ccc2c(c1)CCO2. The van der Waals surface area contributed by atoms with E-state index in [1.54, 1.807) is 19.1 Å². The standard InChI is InChI=1S/C20H21NO4S/c1-13(26-12-14-5-3-2-4-6-14)19(22)21-18(20(23)24)16-7-8-17-15(11-16)9-10-25-17/h2-8,11,13,18H,9-10,12H2,1H3,(H,21,22)(H,23,24). The van der Waals surface area contributed by atoms with E-state index >= 15 is 0 Å². The topological polar surface area (TPSA) is 75.6 Å². The molecule has 0 saturated carbocycles. The molecule has 5 nitrogen and oxygen atoms in total. The maximum absolute atomic E-state index is 12.5. The van der Waals surface area contributed by atoms with E-state index in [1.807, 2.05) is 36.4 Å². The van der Waals surface area contributed by atoms with Crippen LogP contribution in [0.4, 0.5) is 0 Å². The summed E-state index contributed by atoms with van der Waals surface area (Å²) in [6, 6.07) is 14.1. The van der Waals surface area contributed by atoms with E-state index in [-0.39, 0.29) is 11.2 Å². The minimum atomic E-state index is -1.07. The lowest BCUT2D eigenvalue weighted by molar-refractivity contribution is -0.141. The Hall–Kier alpha value is -2.47. The Morgan fingerprint density at radius 2 is 2.00 bits per heavy atom. The zero-order valence-electron chi connectivity index (χ0n) is 14.5. The number of carboxylic acid groups (broad SMARTS) is 1. The minimum Gasteiger partial charge on any atom is -0.493 e. The van der Waals surface area contributed by atoms with E-state index in [0.717, 1.165) is 23.3 Å². The van der Waals surface area contributed by atoms with Crippen LogP contribution in [0.3, 0.4) is 0 Å². The number of aliphatic carboxylic acids is 1. The maximum atomic E-state index is 12.5. The van der Waals surface area contributed by atoms with Crippen LogP contribution in [0.15, 0.2) is 48.5 Å². The molecule has 2 unspecified atom stereocenters. The van der Waals surface area contributed by atoms with Crippen LogP contribution in [-0.2, 0) is 21.8 Å². The summed E-state index contributed by atoms with van der Waals surface area (Å²) >= 11 is 1.48. The van der Waals surface area contributed by atoms with Crippen molar-refractivity contribution in [3.8, 4) is 5.75 Å². The molecule has 0 spiro atoms. The van der Waals surface area contributed by atoms with Gasteiger partial charge in [0.2, 0.25) is 5.91 Å². The number of hydrogen-bond acceptors (Lipinski definition) is 4. The van der Waals surface area contributed by atoms with Crippen molar-refractivity contribution in [1.82, 2.24) is 5.32 Å². The van der Waals surface area contributed by atoms with E-state index < -0.39 is 12.0 Å². The lowest BCUT2D eigenvalue weighted by Crippen LogP contribution is -2.38. The van der Waals surface area contributed by atoms with Crippen LogP contribution in [0.25, 0.3) is 0 Å². The third-order valence-electron chi connectivity index (χ3n) is 4.29. The van der Waals surface area contributed by atoms with Crippen LogP contribution >= 0.6 is 11.8 Å². The molecule has 6 heteroatoms. The highest BCUT2D eigenvalue weighted by atomic mass is 32.2. The third-order valence-corrected chi connectivity index (χ3v) is 5.51. The Morgan fingerprint density at radius 1 is 1.23 bits per heavy atom. The van der Waals surface area contributed by atoms with Gasteiger partial charge in [-0.15, -0.1) is 11.8 Å². The average molecular weight is 371 g/mol. The fourth-order valence-corrected chi connectivity index (χ4v) is 3.66. The summed E-state index contributed by atoms with van der Waals surface area (Å²) in [5, 5.41) is 11.9. The van der Waals surface area contributed by atoms with Crippen molar-refractivity contribution in [3.63, 3.8) is 0 Å². The Bertz CT molecular complexity index is 794. The molecule has 2 aromatic carbocycles. The number of nitrogens with one attached hydrogen (secondary N) is 1. The third kappa shape index (κ3) is 4.38. The molecule has 0 aromatic heterocycles. The summed E-state index contributed by atoms with van der Waals surface area (Å²) in [6.45, 7) is 2.40. The van der Waals surface area contributed by atoms with E-state index in [0.29, 0.717) is 17.9 Å². The molecule has 2 N–H and O–H groups in total. The molecule has 2 aromatic rings. The molecule has 0 radical (unpaired) electrons. The molecule has 3 rings (SSSR count). The van der Waals surface area contributed by atoms with Gasteiger partial charge in [0.05, 0.1) is 11.9 Å². The van der Waals surface area contributed by atoms with Gasteiger partial charge in [-0.3, -0.25) is 4.79 Å². The van der Waals surface area contributed by atoms with Crippen LogP contribution in [0.2, 0.25) is 0 Å². The van der Waals surface area contributed by atoms with Gasteiger partial charge in [0.15, 0.2) is 6.04 Å². The number of fused-ring (bicyclic) bond motifs is 1. The van der Waals surface area contributed by atoms with E-state index in [2.05, 4.69) is 5.32 Å². The molecule has 136 valence electrons. The van der Waals surface area contributed by atoms with Crippen LogP contribution in [0, 0.1) is 0 Å². The van der Waals surface area contributed by atoms with Crippen molar-refractivity contribution in [2.75, 3.05) is 6.61 Å². The number of rotatable bonds is 7. The first-order chi connectivity index (χ1) is 12.5. The quantitative estimate of drug-likeness (QED) is 0.782. The normalized spacial score (nSPS) is 14.8. The Morgan fingerprint density at radius 3 is 2.73 bits per heavy atom. The molecule has 26 heavy (non-hydrogen) atoms. The second-order valence-electron chi connectivity index (χ2n) is 6.18. The molecule has 1 heterocycles. The van der Waals surface area contributed by atoms with Crippen LogP contribution < -0.4 is 10.1 Å². The predicted octanol–water partition coefficient (Wildman–Crippen LogP) is 3.19. The number of carboxylic acids is 1. The number of ether oxygens (including phenoxy) is 1. The molecular formula is C20H21NO4S. The largest absolute Gasteiger partial charge is 0.493 e. The van der Waals surface area contributed by atoms with Crippen LogP contribution in [-0.4, -0.2) is 28.8 Å². The van der Waals surface area contributed by atoms with Crippen molar-refractivity contribution in [1.29, 1.82) is 0 Å². The van der Waals surface area contributed by atoms with E-state index in [9.17, 15) is 14.7 Å². The second-order valence-corrected chi connectivity index (χ2v) is 7.51. The first-order valence-electron chi connectivity index (χ1n) is 8.49. The average Bonchev–Trinajstić information content (AvgIpc) is 3.12. The van der Waals surface area contributed by atoms with Crippen molar-refractivity contribution in [2.24, 2.45) is 0 Å². The van der Waals surface area contributed by atoms with Crippen molar-refractivity contribution < 1.29 is 19.4 Å². The van der Waals surface area contributed by atoms with Gasteiger partial charge < -0.3 is 15.2 Å². The molecule has 2 atom stereocenters. The first-order valence-corrected chi connectivity index (χ1v) is 9.54. The minimum absolute atomic E-state index is 0.282. The summed E-state index contributed by atoms with van der Waals surface area (Å²) in [4.78, 5) is 24.2. The summed E-state index contributed by atoms with van der Waals surface area (Å²) in [5.41, 5.74) is 2.68. The van der Waals surface area contributed by atoms with E-state index in [4.69, 9.17) is 4.74 Å². The number of thioether (sulfide) groups is 1.